The summed E-state index contributed by atoms with van der Waals surface area (Å²) in [6.45, 7) is 7.06. The summed E-state index contributed by atoms with van der Waals surface area (Å²) in [5, 5.41) is 3.00. The smallest absolute Gasteiger partial charge is 0.251 e. The second-order valence-corrected chi connectivity index (χ2v) is 6.83. The van der Waals surface area contributed by atoms with Crippen molar-refractivity contribution in [3.8, 4) is 0 Å². The fourth-order valence-corrected chi connectivity index (χ4v) is 3.15. The van der Waals surface area contributed by atoms with Crippen LogP contribution >= 0.6 is 0 Å². The van der Waals surface area contributed by atoms with Crippen molar-refractivity contribution in [1.82, 2.24) is 10.2 Å². The van der Waals surface area contributed by atoms with E-state index in [-0.39, 0.29) is 5.91 Å². The van der Waals surface area contributed by atoms with Gasteiger partial charge < -0.3 is 15.1 Å². The van der Waals surface area contributed by atoms with Crippen LogP contribution in [0.15, 0.2) is 48.5 Å². The molecule has 4 heteroatoms. The van der Waals surface area contributed by atoms with E-state index < -0.39 is 0 Å². The first-order chi connectivity index (χ1) is 12.1. The Kier molecular flexibility index (Phi) is 5.71. The van der Waals surface area contributed by atoms with Crippen LogP contribution in [0.2, 0.25) is 0 Å². The lowest BCUT2D eigenvalue weighted by molar-refractivity contribution is 0.0954. The molecule has 2 aromatic carbocycles. The van der Waals surface area contributed by atoms with Gasteiger partial charge in [-0.05, 0) is 50.2 Å². The maximum Gasteiger partial charge on any atom is 0.251 e. The number of amides is 1. The third-order valence-electron chi connectivity index (χ3n) is 4.78. The van der Waals surface area contributed by atoms with E-state index in [0.717, 1.165) is 43.7 Å². The van der Waals surface area contributed by atoms with Crippen molar-refractivity contribution in [2.75, 3.05) is 44.7 Å². The zero-order valence-electron chi connectivity index (χ0n) is 15.2. The van der Waals surface area contributed by atoms with Crippen molar-refractivity contribution >= 4 is 11.6 Å². The third kappa shape index (κ3) is 4.83. The summed E-state index contributed by atoms with van der Waals surface area (Å²) in [7, 11) is 2.17. The number of carbonyl (C=O) groups is 1. The van der Waals surface area contributed by atoms with Crippen molar-refractivity contribution in [3.63, 3.8) is 0 Å². The lowest BCUT2D eigenvalue weighted by Crippen LogP contribution is -2.44. The lowest BCUT2D eigenvalue weighted by atomic mass is 10.1. The number of piperazine rings is 1. The molecule has 25 heavy (non-hydrogen) atoms. The van der Waals surface area contributed by atoms with Gasteiger partial charge >= 0.3 is 0 Å². The van der Waals surface area contributed by atoms with Crippen LogP contribution in [-0.2, 0) is 6.42 Å². The molecule has 1 fully saturated rings. The monoisotopic (exact) mass is 337 g/mol. The van der Waals surface area contributed by atoms with Gasteiger partial charge in [-0.15, -0.1) is 0 Å². The Balaban J connectivity index is 1.48. The molecular formula is C21H27N3O. The predicted octanol–water partition coefficient (Wildman–Crippen LogP) is 2.72. The van der Waals surface area contributed by atoms with E-state index >= 15 is 0 Å². The molecule has 1 aliphatic heterocycles. The first kappa shape index (κ1) is 17.5. The van der Waals surface area contributed by atoms with Crippen LogP contribution in [-0.4, -0.2) is 50.6 Å². The number of nitrogens with zero attached hydrogens (tertiary/aromatic N) is 2. The number of likely N-dealkylation sites (N-methyl/N-ethyl adjacent to an activating group) is 1. The molecule has 0 unspecified atom stereocenters. The Morgan fingerprint density at radius 2 is 1.76 bits per heavy atom. The van der Waals surface area contributed by atoms with Gasteiger partial charge in [-0.25, -0.2) is 0 Å². The minimum atomic E-state index is -0.00208. The number of anilines is 1. The Morgan fingerprint density at radius 1 is 1.04 bits per heavy atom. The molecule has 1 N–H and O–H groups in total. The van der Waals surface area contributed by atoms with Gasteiger partial charge in [-0.2, -0.15) is 0 Å². The Morgan fingerprint density at radius 3 is 2.44 bits per heavy atom. The van der Waals surface area contributed by atoms with E-state index in [0.29, 0.717) is 6.54 Å². The van der Waals surface area contributed by atoms with Crippen LogP contribution in [0.1, 0.15) is 21.5 Å². The van der Waals surface area contributed by atoms with E-state index in [9.17, 15) is 4.79 Å². The molecule has 132 valence electrons. The standard InChI is InChI=1S/C21H27N3O/c1-17-4-3-5-19(16-17)21(25)22-11-10-18-6-8-20(9-7-18)24-14-12-23(2)13-15-24/h3-9,16H,10-15H2,1-2H3,(H,22,25). The Bertz CT molecular complexity index is 703. The van der Waals surface area contributed by atoms with E-state index in [1.54, 1.807) is 0 Å². The van der Waals surface area contributed by atoms with Crippen molar-refractivity contribution < 1.29 is 4.79 Å². The summed E-state index contributed by atoms with van der Waals surface area (Å²) >= 11 is 0. The van der Waals surface area contributed by atoms with Crippen LogP contribution < -0.4 is 10.2 Å². The highest BCUT2D eigenvalue weighted by atomic mass is 16.1. The number of nitrogens with one attached hydrogen (secondary N) is 1. The highest BCUT2D eigenvalue weighted by molar-refractivity contribution is 5.94. The quantitative estimate of drug-likeness (QED) is 0.911. The fourth-order valence-electron chi connectivity index (χ4n) is 3.15. The summed E-state index contributed by atoms with van der Waals surface area (Å²) in [5.41, 5.74) is 4.38. The molecule has 3 rings (SSSR count). The summed E-state index contributed by atoms with van der Waals surface area (Å²) < 4.78 is 0. The average molecular weight is 337 g/mol. The molecule has 0 spiro atoms. The van der Waals surface area contributed by atoms with Gasteiger partial charge in [-0.1, -0.05) is 29.8 Å². The summed E-state index contributed by atoms with van der Waals surface area (Å²) in [6, 6.07) is 16.4. The van der Waals surface area contributed by atoms with Crippen LogP contribution in [0.3, 0.4) is 0 Å². The van der Waals surface area contributed by atoms with E-state index in [1.807, 2.05) is 31.2 Å². The molecule has 0 aromatic heterocycles. The number of carbonyl (C=O) groups excluding carboxylic acids is 1. The van der Waals surface area contributed by atoms with Crippen LogP contribution in [0.25, 0.3) is 0 Å². The van der Waals surface area contributed by atoms with Crippen molar-refractivity contribution in [3.05, 3.63) is 65.2 Å². The minimum absolute atomic E-state index is 0.00208. The van der Waals surface area contributed by atoms with Gasteiger partial charge in [0.15, 0.2) is 0 Å². The first-order valence-corrected chi connectivity index (χ1v) is 8.99. The number of hydrogen-bond acceptors (Lipinski definition) is 3. The Labute approximate surface area is 150 Å². The average Bonchev–Trinajstić information content (AvgIpc) is 2.63. The molecule has 1 amide bonds. The van der Waals surface area contributed by atoms with Gasteiger partial charge in [0.2, 0.25) is 0 Å². The molecule has 0 radical (unpaired) electrons. The van der Waals surface area contributed by atoms with E-state index in [1.165, 1.54) is 11.3 Å². The molecule has 0 bridgehead atoms. The van der Waals surface area contributed by atoms with Crippen LogP contribution in [0.5, 0.6) is 0 Å². The lowest BCUT2D eigenvalue weighted by Gasteiger charge is -2.34. The zero-order valence-corrected chi connectivity index (χ0v) is 15.2. The molecular weight excluding hydrogens is 310 g/mol. The van der Waals surface area contributed by atoms with Crippen molar-refractivity contribution in [2.45, 2.75) is 13.3 Å². The van der Waals surface area contributed by atoms with Crippen LogP contribution in [0, 0.1) is 6.92 Å². The van der Waals surface area contributed by atoms with Gasteiger partial charge in [0.25, 0.3) is 5.91 Å². The summed E-state index contributed by atoms with van der Waals surface area (Å²) in [6.07, 6.45) is 0.848. The molecule has 1 heterocycles. The maximum atomic E-state index is 12.2. The molecule has 0 atom stereocenters. The molecule has 4 nitrogen and oxygen atoms in total. The fraction of sp³-hybridized carbons (Fsp3) is 0.381. The SMILES string of the molecule is Cc1cccc(C(=O)NCCc2ccc(N3CCN(C)CC3)cc2)c1. The molecule has 1 saturated heterocycles. The second-order valence-electron chi connectivity index (χ2n) is 6.83. The second kappa shape index (κ2) is 8.17. The van der Waals surface area contributed by atoms with Gasteiger partial charge in [0, 0.05) is 44.0 Å². The van der Waals surface area contributed by atoms with Gasteiger partial charge in [-0.3, -0.25) is 4.79 Å². The van der Waals surface area contributed by atoms with Crippen LogP contribution in [0.4, 0.5) is 5.69 Å². The highest BCUT2D eigenvalue weighted by Crippen LogP contribution is 2.17. The number of aryl methyl sites for hydroxylation is 1. The normalized spacial score (nSPS) is 15.2. The third-order valence-corrected chi connectivity index (χ3v) is 4.78. The number of rotatable bonds is 5. The largest absolute Gasteiger partial charge is 0.369 e. The summed E-state index contributed by atoms with van der Waals surface area (Å²) in [4.78, 5) is 16.9. The van der Waals surface area contributed by atoms with Gasteiger partial charge in [0.05, 0.1) is 0 Å². The Hall–Kier alpha value is -2.33. The predicted molar refractivity (Wildman–Crippen MR) is 103 cm³/mol. The van der Waals surface area contributed by atoms with E-state index in [4.69, 9.17) is 0 Å². The molecule has 2 aromatic rings. The van der Waals surface area contributed by atoms with Gasteiger partial charge in [0.1, 0.15) is 0 Å². The molecule has 1 aliphatic rings. The number of benzene rings is 2. The topological polar surface area (TPSA) is 35.6 Å². The molecule has 0 saturated carbocycles. The maximum absolute atomic E-state index is 12.2. The highest BCUT2D eigenvalue weighted by Gasteiger charge is 2.13. The number of hydrogen-bond donors (Lipinski definition) is 1. The zero-order chi connectivity index (χ0) is 17.6. The minimum Gasteiger partial charge on any atom is -0.369 e. The van der Waals surface area contributed by atoms with Crippen molar-refractivity contribution in [1.29, 1.82) is 0 Å². The van der Waals surface area contributed by atoms with Crippen molar-refractivity contribution in [2.24, 2.45) is 0 Å². The van der Waals surface area contributed by atoms with E-state index in [2.05, 4.69) is 46.4 Å². The summed E-state index contributed by atoms with van der Waals surface area (Å²) in [5.74, 6) is -0.00208. The molecule has 0 aliphatic carbocycles. The first-order valence-electron chi connectivity index (χ1n) is 8.99.